The largest absolute Gasteiger partial charge is 0.326 e. The molecular formula is C19H24N4O. The topological polar surface area (TPSA) is 64.8 Å². The third-order valence-electron chi connectivity index (χ3n) is 6.00. The Hall–Kier alpha value is -2.06. The van der Waals surface area contributed by atoms with E-state index in [-0.39, 0.29) is 17.1 Å². The summed E-state index contributed by atoms with van der Waals surface area (Å²) < 4.78 is 1.94. The van der Waals surface area contributed by atoms with Crippen LogP contribution in [0.2, 0.25) is 0 Å². The van der Waals surface area contributed by atoms with Crippen LogP contribution >= 0.6 is 0 Å². The Morgan fingerprint density at radius 1 is 1.25 bits per heavy atom. The first kappa shape index (κ1) is 15.5. The minimum atomic E-state index is -0.0371. The number of aromatic amines is 1. The first-order valence-electron chi connectivity index (χ1n) is 9.04. The van der Waals surface area contributed by atoms with Crippen molar-refractivity contribution in [3.63, 3.8) is 0 Å². The molecule has 1 aromatic carbocycles. The fourth-order valence-electron chi connectivity index (χ4n) is 4.23. The summed E-state index contributed by atoms with van der Waals surface area (Å²) in [7, 11) is 0. The van der Waals surface area contributed by atoms with Gasteiger partial charge in [0.15, 0.2) is 0 Å². The maximum absolute atomic E-state index is 12.3. The molecule has 1 aliphatic heterocycles. The molecule has 5 nitrogen and oxygen atoms in total. The normalized spacial score (nSPS) is 21.5. The minimum Gasteiger partial charge on any atom is -0.306 e. The number of nitrogens with zero attached hydrogens (tertiary/aromatic N) is 3. The van der Waals surface area contributed by atoms with E-state index < -0.39 is 0 Å². The van der Waals surface area contributed by atoms with Crippen LogP contribution in [0.1, 0.15) is 44.6 Å². The summed E-state index contributed by atoms with van der Waals surface area (Å²) >= 11 is 0. The van der Waals surface area contributed by atoms with Crippen LogP contribution in [0.3, 0.4) is 0 Å². The number of imidazole rings is 1. The van der Waals surface area contributed by atoms with Gasteiger partial charge in [0.25, 0.3) is 0 Å². The van der Waals surface area contributed by atoms with Gasteiger partial charge in [0.05, 0.1) is 22.5 Å². The van der Waals surface area contributed by atoms with Crippen molar-refractivity contribution >= 4 is 11.0 Å². The van der Waals surface area contributed by atoms with Gasteiger partial charge in [-0.15, -0.1) is 0 Å². The van der Waals surface area contributed by atoms with E-state index in [0.29, 0.717) is 0 Å². The van der Waals surface area contributed by atoms with Gasteiger partial charge in [0.1, 0.15) is 0 Å². The van der Waals surface area contributed by atoms with Crippen LogP contribution in [-0.4, -0.2) is 34.1 Å². The fourth-order valence-corrected chi connectivity index (χ4v) is 4.23. The number of rotatable bonds is 4. The van der Waals surface area contributed by atoms with Crippen LogP contribution in [-0.2, 0) is 0 Å². The number of nitriles is 1. The summed E-state index contributed by atoms with van der Waals surface area (Å²) in [4.78, 5) is 17.7. The second-order valence-electron chi connectivity index (χ2n) is 7.39. The molecule has 2 heterocycles. The fraction of sp³-hybridized carbons (Fsp3) is 0.579. The molecular weight excluding hydrogens is 300 g/mol. The number of hydrogen-bond donors (Lipinski definition) is 1. The monoisotopic (exact) mass is 324 g/mol. The predicted octanol–water partition coefficient (Wildman–Crippen LogP) is 3.05. The Morgan fingerprint density at radius 2 is 2.00 bits per heavy atom. The van der Waals surface area contributed by atoms with Crippen LogP contribution in [0.4, 0.5) is 0 Å². The lowest BCUT2D eigenvalue weighted by molar-refractivity contribution is 0.131. The lowest BCUT2D eigenvalue weighted by atomic mass is 9.68. The molecule has 24 heavy (non-hydrogen) atoms. The van der Waals surface area contributed by atoms with Crippen LogP contribution < -0.4 is 5.69 Å². The molecule has 0 unspecified atom stereocenters. The number of hydrogen-bond acceptors (Lipinski definition) is 3. The molecule has 2 fully saturated rings. The Bertz CT molecular complexity index is 816. The summed E-state index contributed by atoms with van der Waals surface area (Å²) in [5.74, 6) is 0. The number of H-pyrrole nitrogens is 1. The van der Waals surface area contributed by atoms with Crippen molar-refractivity contribution < 1.29 is 0 Å². The lowest BCUT2D eigenvalue weighted by Crippen LogP contribution is -2.40. The van der Waals surface area contributed by atoms with Crippen molar-refractivity contribution in [2.75, 3.05) is 19.6 Å². The Balaban J connectivity index is 1.40. The highest BCUT2D eigenvalue weighted by molar-refractivity contribution is 5.75. The molecule has 1 aromatic heterocycles. The maximum atomic E-state index is 12.3. The van der Waals surface area contributed by atoms with Crippen molar-refractivity contribution in [3.8, 4) is 6.07 Å². The van der Waals surface area contributed by atoms with Crippen molar-refractivity contribution in [2.24, 2.45) is 5.41 Å². The number of nitrogens with one attached hydrogen (secondary N) is 1. The zero-order chi connectivity index (χ0) is 16.6. The number of likely N-dealkylation sites (tertiary alicyclic amines) is 1. The van der Waals surface area contributed by atoms with Gasteiger partial charge in [-0.2, -0.15) is 5.26 Å². The molecule has 4 rings (SSSR count). The van der Waals surface area contributed by atoms with Gasteiger partial charge in [0, 0.05) is 19.1 Å². The molecule has 126 valence electrons. The third-order valence-corrected chi connectivity index (χ3v) is 6.00. The van der Waals surface area contributed by atoms with Crippen LogP contribution in [0.5, 0.6) is 0 Å². The van der Waals surface area contributed by atoms with E-state index in [4.69, 9.17) is 0 Å². The molecule has 5 heteroatoms. The first-order valence-corrected chi connectivity index (χ1v) is 9.04. The third kappa shape index (κ3) is 2.65. The van der Waals surface area contributed by atoms with E-state index in [0.717, 1.165) is 62.8 Å². The summed E-state index contributed by atoms with van der Waals surface area (Å²) in [6.07, 6.45) is 6.36. The van der Waals surface area contributed by atoms with E-state index in [1.165, 1.54) is 6.42 Å². The quantitative estimate of drug-likeness (QED) is 0.940. The Morgan fingerprint density at radius 3 is 2.67 bits per heavy atom. The second kappa shape index (κ2) is 6.10. The van der Waals surface area contributed by atoms with Gasteiger partial charge < -0.3 is 9.88 Å². The van der Waals surface area contributed by atoms with Gasteiger partial charge >= 0.3 is 5.69 Å². The van der Waals surface area contributed by atoms with E-state index in [2.05, 4.69) is 16.0 Å². The standard InChI is InChI=1S/C19H24N4O/c20-14-19(8-3-9-19)10-13-22-11-6-15(7-12-22)23-17-5-2-1-4-16(17)21-18(23)24/h1-2,4-5,15H,3,6-13H2,(H,21,24). The van der Waals surface area contributed by atoms with Crippen LogP contribution in [0, 0.1) is 16.7 Å². The summed E-state index contributed by atoms with van der Waals surface area (Å²) in [5, 5.41) is 9.35. The van der Waals surface area contributed by atoms with Crippen LogP contribution in [0.25, 0.3) is 11.0 Å². The number of benzene rings is 1. The van der Waals surface area contributed by atoms with Gasteiger partial charge in [-0.05, 0) is 50.8 Å². The molecule has 2 aliphatic rings. The van der Waals surface area contributed by atoms with Gasteiger partial charge in [0.2, 0.25) is 0 Å². The van der Waals surface area contributed by atoms with Crippen molar-refractivity contribution in [2.45, 2.75) is 44.6 Å². The number of aromatic nitrogens is 2. The van der Waals surface area contributed by atoms with Crippen LogP contribution in [0.15, 0.2) is 29.1 Å². The zero-order valence-corrected chi connectivity index (χ0v) is 14.0. The van der Waals surface area contributed by atoms with E-state index in [1.54, 1.807) is 0 Å². The van der Waals surface area contributed by atoms with E-state index in [9.17, 15) is 10.1 Å². The Kier molecular flexibility index (Phi) is 3.93. The highest BCUT2D eigenvalue weighted by Gasteiger charge is 2.37. The minimum absolute atomic E-state index is 0.00699. The number of fused-ring (bicyclic) bond motifs is 1. The van der Waals surface area contributed by atoms with Gasteiger partial charge in [-0.3, -0.25) is 4.57 Å². The second-order valence-corrected chi connectivity index (χ2v) is 7.39. The lowest BCUT2D eigenvalue weighted by Gasteiger charge is -2.38. The molecule has 0 bridgehead atoms. The molecule has 1 saturated heterocycles. The molecule has 0 spiro atoms. The maximum Gasteiger partial charge on any atom is 0.326 e. The SMILES string of the molecule is N#CC1(CCN2CCC(n3c(=O)[nH]c4ccccc43)CC2)CCC1. The average molecular weight is 324 g/mol. The number of para-hydroxylation sites is 2. The van der Waals surface area contributed by atoms with Crippen molar-refractivity contribution in [3.05, 3.63) is 34.7 Å². The average Bonchev–Trinajstić information content (AvgIpc) is 2.91. The Labute approximate surface area is 141 Å². The van der Waals surface area contributed by atoms with Crippen molar-refractivity contribution in [1.29, 1.82) is 5.26 Å². The highest BCUT2D eigenvalue weighted by atomic mass is 16.1. The molecule has 0 radical (unpaired) electrons. The molecule has 1 saturated carbocycles. The van der Waals surface area contributed by atoms with E-state index in [1.807, 2.05) is 28.8 Å². The zero-order valence-electron chi connectivity index (χ0n) is 14.0. The molecule has 0 atom stereocenters. The molecule has 1 aliphatic carbocycles. The summed E-state index contributed by atoms with van der Waals surface area (Å²) in [6.45, 7) is 3.04. The van der Waals surface area contributed by atoms with Crippen molar-refractivity contribution in [1.82, 2.24) is 14.5 Å². The number of piperidine rings is 1. The molecule has 0 amide bonds. The summed E-state index contributed by atoms with van der Waals surface area (Å²) in [6, 6.07) is 10.7. The smallest absolute Gasteiger partial charge is 0.306 e. The molecule has 1 N–H and O–H groups in total. The predicted molar refractivity (Wildman–Crippen MR) is 93.8 cm³/mol. The summed E-state index contributed by atoms with van der Waals surface area (Å²) in [5.41, 5.74) is 1.90. The first-order chi connectivity index (χ1) is 11.7. The van der Waals surface area contributed by atoms with Gasteiger partial charge in [-0.25, -0.2) is 4.79 Å². The molecule has 2 aromatic rings. The van der Waals surface area contributed by atoms with E-state index >= 15 is 0 Å². The highest BCUT2D eigenvalue weighted by Crippen LogP contribution is 2.43. The van der Waals surface area contributed by atoms with Gasteiger partial charge in [-0.1, -0.05) is 18.6 Å².